The summed E-state index contributed by atoms with van der Waals surface area (Å²) in [6.45, 7) is 6.66. The van der Waals surface area contributed by atoms with Gasteiger partial charge in [0.05, 0.1) is 10.6 Å². The summed E-state index contributed by atoms with van der Waals surface area (Å²) >= 11 is 0. The van der Waals surface area contributed by atoms with E-state index in [1.807, 2.05) is 26.0 Å². The van der Waals surface area contributed by atoms with E-state index in [4.69, 9.17) is 0 Å². The van der Waals surface area contributed by atoms with Gasteiger partial charge >= 0.3 is 0 Å². The summed E-state index contributed by atoms with van der Waals surface area (Å²) in [5, 5.41) is 3.20. The Hall–Kier alpha value is -0.870. The molecule has 1 aromatic rings. The van der Waals surface area contributed by atoms with Gasteiger partial charge in [-0.25, -0.2) is 8.42 Å². The molecule has 0 heterocycles. The summed E-state index contributed by atoms with van der Waals surface area (Å²) in [6.07, 6.45) is 1.01. The second-order valence-corrected chi connectivity index (χ2v) is 6.40. The highest BCUT2D eigenvalue weighted by Gasteiger charge is 2.19. The van der Waals surface area contributed by atoms with E-state index in [-0.39, 0.29) is 11.8 Å². The minimum atomic E-state index is -3.18. The lowest BCUT2D eigenvalue weighted by Gasteiger charge is -2.14. The van der Waals surface area contributed by atoms with Gasteiger partial charge in [-0.05, 0) is 38.4 Å². The minimum Gasteiger partial charge on any atom is -0.313 e. The molecule has 0 saturated heterocycles. The molecule has 4 heteroatoms. The van der Waals surface area contributed by atoms with E-state index < -0.39 is 9.84 Å². The van der Waals surface area contributed by atoms with Crippen molar-refractivity contribution in [1.29, 1.82) is 0 Å². The van der Waals surface area contributed by atoms with E-state index in [0.29, 0.717) is 4.90 Å². The lowest BCUT2D eigenvalue weighted by Crippen LogP contribution is -2.33. The maximum absolute atomic E-state index is 12.2. The smallest absolute Gasteiger partial charge is 0.180 e. The molecule has 0 aliphatic carbocycles. The summed E-state index contributed by atoms with van der Waals surface area (Å²) in [5.41, 5.74) is 0.815. The van der Waals surface area contributed by atoms with Crippen LogP contribution >= 0.6 is 0 Å². The zero-order valence-electron chi connectivity index (χ0n) is 10.7. The first-order valence-corrected chi connectivity index (χ1v) is 7.64. The number of hydrogen-bond acceptors (Lipinski definition) is 3. The van der Waals surface area contributed by atoms with Gasteiger partial charge in [0.2, 0.25) is 0 Å². The zero-order valence-corrected chi connectivity index (χ0v) is 11.5. The maximum Gasteiger partial charge on any atom is 0.180 e. The highest BCUT2D eigenvalue weighted by atomic mass is 32.2. The molecule has 1 aromatic carbocycles. The molecule has 0 aliphatic rings. The SMILES string of the molecule is CCCNC(C)CS(=O)(=O)c1ccccc1C. The quantitative estimate of drug-likeness (QED) is 0.847. The fourth-order valence-electron chi connectivity index (χ4n) is 1.77. The molecule has 0 saturated carbocycles. The first kappa shape index (κ1) is 14.2. The molecule has 0 radical (unpaired) electrons. The number of nitrogens with one attached hydrogen (secondary N) is 1. The molecule has 96 valence electrons. The molecule has 0 fully saturated rings. The molecule has 17 heavy (non-hydrogen) atoms. The molecule has 1 unspecified atom stereocenters. The third kappa shape index (κ3) is 4.13. The topological polar surface area (TPSA) is 46.2 Å². The molecule has 3 nitrogen and oxygen atoms in total. The van der Waals surface area contributed by atoms with Crippen molar-refractivity contribution >= 4 is 9.84 Å². The van der Waals surface area contributed by atoms with Crippen molar-refractivity contribution in [2.75, 3.05) is 12.3 Å². The van der Waals surface area contributed by atoms with Gasteiger partial charge in [0.15, 0.2) is 9.84 Å². The molecule has 0 aromatic heterocycles. The first-order chi connectivity index (χ1) is 7.97. The highest BCUT2D eigenvalue weighted by molar-refractivity contribution is 7.91. The Balaban J connectivity index is 2.79. The molecule has 0 amide bonds. The molecule has 0 aliphatic heterocycles. The van der Waals surface area contributed by atoms with Crippen LogP contribution in [0.3, 0.4) is 0 Å². The van der Waals surface area contributed by atoms with Gasteiger partial charge < -0.3 is 5.32 Å². The van der Waals surface area contributed by atoms with Gasteiger partial charge in [-0.1, -0.05) is 25.1 Å². The van der Waals surface area contributed by atoms with Crippen LogP contribution in [0.5, 0.6) is 0 Å². The Labute approximate surface area is 104 Å². The fraction of sp³-hybridized carbons (Fsp3) is 0.538. The van der Waals surface area contributed by atoms with Crippen LogP contribution in [0.4, 0.5) is 0 Å². The van der Waals surface area contributed by atoms with E-state index in [1.165, 1.54) is 0 Å². The van der Waals surface area contributed by atoms with Crippen LogP contribution in [-0.2, 0) is 9.84 Å². The van der Waals surface area contributed by atoms with Gasteiger partial charge in [0.25, 0.3) is 0 Å². The Bertz CT molecular complexity index is 454. The average molecular weight is 255 g/mol. The third-order valence-electron chi connectivity index (χ3n) is 2.64. The Morgan fingerprint density at radius 1 is 1.29 bits per heavy atom. The number of hydrogen-bond donors (Lipinski definition) is 1. The third-order valence-corrected chi connectivity index (χ3v) is 4.71. The van der Waals surface area contributed by atoms with E-state index in [0.717, 1.165) is 18.5 Å². The number of benzene rings is 1. The van der Waals surface area contributed by atoms with Crippen molar-refractivity contribution in [2.24, 2.45) is 0 Å². The lowest BCUT2D eigenvalue weighted by atomic mass is 10.2. The zero-order chi connectivity index (χ0) is 12.9. The monoisotopic (exact) mass is 255 g/mol. The molecule has 1 rings (SSSR count). The molecule has 0 bridgehead atoms. The Morgan fingerprint density at radius 2 is 1.94 bits per heavy atom. The van der Waals surface area contributed by atoms with Gasteiger partial charge in [0.1, 0.15) is 0 Å². The summed E-state index contributed by atoms with van der Waals surface area (Å²) in [6, 6.07) is 7.12. The van der Waals surface area contributed by atoms with Gasteiger partial charge in [-0.15, -0.1) is 0 Å². The lowest BCUT2D eigenvalue weighted by molar-refractivity contribution is 0.554. The summed E-state index contributed by atoms with van der Waals surface area (Å²) in [7, 11) is -3.18. The predicted octanol–water partition coefficient (Wildman–Crippen LogP) is 2.16. The standard InChI is InChI=1S/C13H21NO2S/c1-4-9-14-12(3)10-17(15,16)13-8-6-5-7-11(13)2/h5-8,12,14H,4,9-10H2,1-3H3. The normalized spacial score (nSPS) is 13.6. The van der Waals surface area contributed by atoms with E-state index in [1.54, 1.807) is 12.1 Å². The van der Waals surface area contributed by atoms with Crippen molar-refractivity contribution in [3.63, 3.8) is 0 Å². The fourth-order valence-corrected chi connectivity index (χ4v) is 3.57. The van der Waals surface area contributed by atoms with Crippen LogP contribution in [-0.4, -0.2) is 26.8 Å². The van der Waals surface area contributed by atoms with E-state index in [9.17, 15) is 8.42 Å². The van der Waals surface area contributed by atoms with Crippen molar-refractivity contribution in [3.8, 4) is 0 Å². The van der Waals surface area contributed by atoms with E-state index in [2.05, 4.69) is 12.2 Å². The van der Waals surface area contributed by atoms with Crippen molar-refractivity contribution in [3.05, 3.63) is 29.8 Å². The largest absolute Gasteiger partial charge is 0.313 e. The van der Waals surface area contributed by atoms with Gasteiger partial charge in [-0.3, -0.25) is 0 Å². The summed E-state index contributed by atoms with van der Waals surface area (Å²) in [4.78, 5) is 0.449. The van der Waals surface area contributed by atoms with Crippen LogP contribution in [0.15, 0.2) is 29.2 Å². The summed E-state index contributed by atoms with van der Waals surface area (Å²) < 4.78 is 24.4. The second kappa shape index (κ2) is 6.17. The molecule has 1 atom stereocenters. The van der Waals surface area contributed by atoms with Crippen LogP contribution in [0.1, 0.15) is 25.8 Å². The van der Waals surface area contributed by atoms with Crippen LogP contribution in [0, 0.1) is 6.92 Å². The van der Waals surface area contributed by atoms with Crippen LogP contribution in [0.2, 0.25) is 0 Å². The van der Waals surface area contributed by atoms with Crippen molar-refractivity contribution in [2.45, 2.75) is 38.1 Å². The second-order valence-electron chi connectivity index (χ2n) is 4.40. The predicted molar refractivity (Wildman–Crippen MR) is 71.0 cm³/mol. The molecular formula is C13H21NO2S. The number of sulfone groups is 1. The highest BCUT2D eigenvalue weighted by Crippen LogP contribution is 2.16. The Morgan fingerprint density at radius 3 is 2.53 bits per heavy atom. The summed E-state index contributed by atoms with van der Waals surface area (Å²) in [5.74, 6) is 0.151. The molecule has 0 spiro atoms. The van der Waals surface area contributed by atoms with Crippen molar-refractivity contribution < 1.29 is 8.42 Å². The van der Waals surface area contributed by atoms with Crippen LogP contribution in [0.25, 0.3) is 0 Å². The van der Waals surface area contributed by atoms with Crippen LogP contribution < -0.4 is 5.32 Å². The number of aryl methyl sites for hydroxylation is 1. The first-order valence-electron chi connectivity index (χ1n) is 5.99. The molecule has 1 N–H and O–H groups in total. The average Bonchev–Trinajstić information content (AvgIpc) is 2.26. The van der Waals surface area contributed by atoms with Gasteiger partial charge in [0, 0.05) is 6.04 Å². The Kier molecular flexibility index (Phi) is 5.15. The van der Waals surface area contributed by atoms with Gasteiger partial charge in [-0.2, -0.15) is 0 Å². The maximum atomic E-state index is 12.2. The molecular weight excluding hydrogens is 234 g/mol. The van der Waals surface area contributed by atoms with Crippen molar-refractivity contribution in [1.82, 2.24) is 5.32 Å². The minimum absolute atomic E-state index is 0.0143. The number of rotatable bonds is 6. The van der Waals surface area contributed by atoms with E-state index >= 15 is 0 Å².